The third-order valence-corrected chi connectivity index (χ3v) is 6.23. The fourth-order valence-electron chi connectivity index (χ4n) is 4.90. The van der Waals surface area contributed by atoms with Crippen LogP contribution in [0.5, 0.6) is 6.01 Å². The number of carbonyl (C=O) groups excluding carboxylic acids is 1. The van der Waals surface area contributed by atoms with Gasteiger partial charge < -0.3 is 14.7 Å². The van der Waals surface area contributed by atoms with Gasteiger partial charge in [0.15, 0.2) is 0 Å². The van der Waals surface area contributed by atoms with Crippen LogP contribution in [0, 0.1) is 0 Å². The van der Waals surface area contributed by atoms with E-state index in [9.17, 15) is 14.7 Å². The number of aromatic nitrogens is 2. The topological polar surface area (TPSA) is 103 Å². The van der Waals surface area contributed by atoms with Crippen molar-refractivity contribution < 1.29 is 24.3 Å². The number of hydrogen-bond acceptors (Lipinski definition) is 6. The maximum atomic E-state index is 12.1. The zero-order chi connectivity index (χ0) is 23.4. The number of carboxylic acids is 1. The second kappa shape index (κ2) is 7.55. The Morgan fingerprint density at radius 1 is 1.18 bits per heavy atom. The Morgan fingerprint density at radius 3 is 2.71 bits per heavy atom. The van der Waals surface area contributed by atoms with E-state index in [2.05, 4.69) is 10.1 Å². The van der Waals surface area contributed by atoms with E-state index in [1.807, 2.05) is 54.0 Å². The molecule has 2 bridgehead atoms. The molecule has 34 heavy (non-hydrogen) atoms. The van der Waals surface area contributed by atoms with Crippen molar-refractivity contribution in [1.29, 1.82) is 0 Å². The molecule has 2 aliphatic carbocycles. The number of fused-ring (bicyclic) bond motifs is 3. The average Bonchev–Trinajstić information content (AvgIpc) is 3.43. The van der Waals surface area contributed by atoms with Crippen LogP contribution < -0.4 is 4.74 Å². The molecule has 1 unspecified atom stereocenters. The van der Waals surface area contributed by atoms with Gasteiger partial charge in [0.1, 0.15) is 0 Å². The Labute approximate surface area is 194 Å². The van der Waals surface area contributed by atoms with Crippen LogP contribution >= 0.6 is 0 Å². The highest BCUT2D eigenvalue weighted by molar-refractivity contribution is 6.19. The number of allylic oxidation sites excluding steroid dienone is 6. The highest BCUT2D eigenvalue weighted by atomic mass is 16.7. The number of nitrogens with zero attached hydrogens (tertiary/aromatic N) is 3. The van der Waals surface area contributed by atoms with Crippen molar-refractivity contribution in [2.75, 3.05) is 6.61 Å². The molecule has 3 aromatic rings. The number of aromatic carboxylic acids is 1. The number of imidazole rings is 1. The molecule has 6 rings (SSSR count). The smallest absolute Gasteiger partial charge is 0.341 e. The summed E-state index contributed by atoms with van der Waals surface area (Å²) in [7, 11) is 0. The van der Waals surface area contributed by atoms with Crippen molar-refractivity contribution in [2.24, 2.45) is 5.16 Å². The SMILES string of the molecule is CCOc1nc2cccc(C(=O)O)c2n1C1c2ccc(-c3ccccc3)c1c2C1=NOC(=O)C1. The van der Waals surface area contributed by atoms with E-state index in [1.165, 1.54) is 0 Å². The fourth-order valence-corrected chi connectivity index (χ4v) is 4.90. The maximum Gasteiger partial charge on any atom is 0.341 e. The molecule has 1 N–H and O–H groups in total. The minimum Gasteiger partial charge on any atom is -0.478 e. The number of oxime groups is 1. The highest BCUT2D eigenvalue weighted by Gasteiger charge is 2.46. The van der Waals surface area contributed by atoms with E-state index < -0.39 is 11.9 Å². The Bertz CT molecular complexity index is 1510. The van der Waals surface area contributed by atoms with Crippen LogP contribution in [-0.4, -0.2) is 38.9 Å². The van der Waals surface area contributed by atoms with Crippen LogP contribution in [0.4, 0.5) is 0 Å². The molecule has 2 aromatic carbocycles. The number of carboxylic acid groups (broad SMARTS) is 1. The van der Waals surface area contributed by atoms with Crippen LogP contribution in [0.15, 0.2) is 82.6 Å². The number of hydrogen-bond donors (Lipinski definition) is 1. The quantitative estimate of drug-likeness (QED) is 0.558. The maximum absolute atomic E-state index is 12.1. The molecule has 168 valence electrons. The molecule has 1 atom stereocenters. The average molecular weight is 453 g/mol. The van der Waals surface area contributed by atoms with E-state index >= 15 is 0 Å². The van der Waals surface area contributed by atoms with Crippen molar-refractivity contribution >= 4 is 34.3 Å². The summed E-state index contributed by atoms with van der Waals surface area (Å²) in [6, 6.07) is 14.9. The molecule has 0 radical (unpaired) electrons. The monoisotopic (exact) mass is 453 g/mol. The number of para-hydroxylation sites is 1. The van der Waals surface area contributed by atoms with Gasteiger partial charge in [-0.1, -0.05) is 53.7 Å². The minimum atomic E-state index is -1.04. The number of carbonyl (C=O) groups is 2. The van der Waals surface area contributed by atoms with Gasteiger partial charge in [-0.15, -0.1) is 0 Å². The third kappa shape index (κ3) is 2.85. The Balaban J connectivity index is 1.61. The van der Waals surface area contributed by atoms with E-state index in [0.717, 1.165) is 27.9 Å². The normalized spacial score (nSPS) is 18.8. The lowest BCUT2D eigenvalue weighted by Crippen LogP contribution is -2.33. The van der Waals surface area contributed by atoms with Gasteiger partial charge >= 0.3 is 11.9 Å². The van der Waals surface area contributed by atoms with Crippen molar-refractivity contribution in [3.8, 4) is 6.01 Å². The first-order valence-corrected chi connectivity index (χ1v) is 10.9. The summed E-state index contributed by atoms with van der Waals surface area (Å²) in [6.45, 7) is 2.23. The summed E-state index contributed by atoms with van der Waals surface area (Å²) in [5.74, 6) is -1.44. The van der Waals surface area contributed by atoms with Crippen LogP contribution in [-0.2, 0) is 9.63 Å². The van der Waals surface area contributed by atoms with E-state index in [4.69, 9.17) is 9.57 Å². The molecular formula is C26H19N3O5. The Hall–Kier alpha value is -4.46. The van der Waals surface area contributed by atoms with Crippen LogP contribution in [0.25, 0.3) is 16.6 Å². The molecule has 0 fully saturated rings. The molecule has 0 amide bonds. The van der Waals surface area contributed by atoms with Gasteiger partial charge in [0.05, 0.1) is 41.4 Å². The molecule has 0 spiro atoms. The zero-order valence-electron chi connectivity index (χ0n) is 18.2. The standard InChI is InChI=1S/C26H19N3O5/c1-2-33-26-27-18-10-6-9-17(25(31)32)23(18)29(26)24-16-12-11-15(14-7-4-3-5-8-14)22(24)21(16)19-13-20(30)34-28-19/h3-12,24H,2,13H2,1H3,(H,31,32). The van der Waals surface area contributed by atoms with Gasteiger partial charge in [0, 0.05) is 5.57 Å². The lowest BCUT2D eigenvalue weighted by atomic mass is 9.67. The van der Waals surface area contributed by atoms with Crippen molar-refractivity contribution in [3.05, 3.63) is 88.5 Å². The Kier molecular flexibility index (Phi) is 4.48. The number of ether oxygens (including phenoxy) is 1. The first-order chi connectivity index (χ1) is 16.6. The molecular weight excluding hydrogens is 434 g/mol. The first-order valence-electron chi connectivity index (χ1n) is 10.9. The molecule has 3 aliphatic rings. The van der Waals surface area contributed by atoms with Crippen molar-refractivity contribution in [2.45, 2.75) is 19.4 Å². The van der Waals surface area contributed by atoms with Crippen molar-refractivity contribution in [1.82, 2.24) is 9.55 Å². The fraction of sp³-hybridized carbons (Fsp3) is 0.154. The summed E-state index contributed by atoms with van der Waals surface area (Å²) >= 11 is 0. The van der Waals surface area contributed by atoms with E-state index in [-0.39, 0.29) is 18.0 Å². The molecule has 8 heteroatoms. The predicted octanol–water partition coefficient (Wildman–Crippen LogP) is 4.31. The predicted molar refractivity (Wildman–Crippen MR) is 125 cm³/mol. The van der Waals surface area contributed by atoms with Crippen LogP contribution in [0.2, 0.25) is 0 Å². The lowest BCUT2D eigenvalue weighted by Gasteiger charge is -2.41. The van der Waals surface area contributed by atoms with Crippen molar-refractivity contribution in [3.63, 3.8) is 0 Å². The second-order valence-corrected chi connectivity index (χ2v) is 8.11. The molecule has 1 aromatic heterocycles. The summed E-state index contributed by atoms with van der Waals surface area (Å²) in [5.41, 5.74) is 6.41. The highest BCUT2D eigenvalue weighted by Crippen LogP contribution is 2.56. The second-order valence-electron chi connectivity index (χ2n) is 8.11. The lowest BCUT2D eigenvalue weighted by molar-refractivity contribution is -0.140. The van der Waals surface area contributed by atoms with E-state index in [1.54, 1.807) is 18.2 Å². The van der Waals surface area contributed by atoms with E-state index in [0.29, 0.717) is 29.4 Å². The Morgan fingerprint density at radius 2 is 2.00 bits per heavy atom. The third-order valence-electron chi connectivity index (χ3n) is 6.23. The summed E-state index contributed by atoms with van der Waals surface area (Å²) in [6.07, 6.45) is 4.12. The minimum absolute atomic E-state index is 0.0916. The van der Waals surface area contributed by atoms with Gasteiger partial charge in [-0.2, -0.15) is 4.98 Å². The summed E-state index contributed by atoms with van der Waals surface area (Å²) in [4.78, 5) is 33.4. The number of benzene rings is 2. The van der Waals surface area contributed by atoms with Crippen LogP contribution in [0.3, 0.4) is 0 Å². The van der Waals surface area contributed by atoms with Gasteiger partial charge in [0.2, 0.25) is 0 Å². The van der Waals surface area contributed by atoms with Gasteiger partial charge in [-0.3, -0.25) is 4.57 Å². The summed E-state index contributed by atoms with van der Waals surface area (Å²) in [5, 5.41) is 13.9. The molecule has 0 saturated carbocycles. The molecule has 1 aliphatic heterocycles. The molecule has 0 saturated heterocycles. The molecule has 2 heterocycles. The first kappa shape index (κ1) is 20.2. The number of rotatable bonds is 6. The van der Waals surface area contributed by atoms with Gasteiger partial charge in [0.25, 0.3) is 6.01 Å². The molecule has 8 nitrogen and oxygen atoms in total. The largest absolute Gasteiger partial charge is 0.478 e. The van der Waals surface area contributed by atoms with Gasteiger partial charge in [-0.05, 0) is 41.3 Å². The summed E-state index contributed by atoms with van der Waals surface area (Å²) < 4.78 is 7.73. The zero-order valence-corrected chi connectivity index (χ0v) is 18.2. The van der Waals surface area contributed by atoms with Gasteiger partial charge in [-0.25, -0.2) is 9.59 Å². The van der Waals surface area contributed by atoms with Crippen LogP contribution in [0.1, 0.15) is 35.3 Å².